The second kappa shape index (κ2) is 9.94. The van der Waals surface area contributed by atoms with Crippen LogP contribution in [0.4, 0.5) is 5.13 Å². The fourth-order valence-corrected chi connectivity index (χ4v) is 5.31. The van der Waals surface area contributed by atoms with E-state index in [0.717, 1.165) is 4.70 Å². The van der Waals surface area contributed by atoms with Crippen LogP contribution in [0.5, 0.6) is 17.2 Å². The summed E-state index contributed by atoms with van der Waals surface area (Å²) in [6, 6.07) is 18.3. The minimum atomic E-state index is -0.889. The minimum Gasteiger partial charge on any atom is -0.507 e. The second-order valence-electron chi connectivity index (χ2n) is 8.23. The molecule has 0 radical (unpaired) electrons. The third-order valence-electron chi connectivity index (χ3n) is 6.11. The molecule has 1 saturated heterocycles. The summed E-state index contributed by atoms with van der Waals surface area (Å²) in [5.74, 6) is 0.0924. The molecular weight excluding hydrogens is 492 g/mol. The van der Waals surface area contributed by atoms with E-state index in [1.165, 1.54) is 16.2 Å². The lowest BCUT2D eigenvalue weighted by Crippen LogP contribution is -2.29. The third kappa shape index (κ3) is 4.38. The Hall–Kier alpha value is -4.37. The molecule has 0 spiro atoms. The molecule has 1 atom stereocenters. The van der Waals surface area contributed by atoms with Crippen molar-refractivity contribution >= 4 is 44.1 Å². The van der Waals surface area contributed by atoms with E-state index in [1.54, 1.807) is 62.8 Å². The van der Waals surface area contributed by atoms with Crippen molar-refractivity contribution in [3.63, 3.8) is 0 Å². The number of anilines is 1. The summed E-state index contributed by atoms with van der Waals surface area (Å²) in [5.41, 5.74) is 1.68. The van der Waals surface area contributed by atoms with Crippen molar-refractivity contribution in [1.82, 2.24) is 4.98 Å². The summed E-state index contributed by atoms with van der Waals surface area (Å²) in [4.78, 5) is 32.8. The van der Waals surface area contributed by atoms with Gasteiger partial charge in [0.1, 0.15) is 23.0 Å². The average molecular weight is 517 g/mol. The Balaban J connectivity index is 1.67. The van der Waals surface area contributed by atoms with Crippen molar-refractivity contribution in [1.29, 1.82) is 0 Å². The molecule has 5 rings (SSSR count). The molecule has 4 aromatic rings. The number of hydrogen-bond donors (Lipinski definition) is 1. The number of carbonyl (C=O) groups excluding carboxylic acids is 2. The average Bonchev–Trinajstić information content (AvgIpc) is 3.46. The maximum absolute atomic E-state index is 13.4. The molecule has 1 amide bonds. The fourth-order valence-electron chi connectivity index (χ4n) is 4.29. The predicted molar refractivity (Wildman–Crippen MR) is 142 cm³/mol. The van der Waals surface area contributed by atoms with Gasteiger partial charge in [-0.05, 0) is 67.1 Å². The number of thiazole rings is 1. The van der Waals surface area contributed by atoms with E-state index in [1.807, 2.05) is 25.1 Å². The summed E-state index contributed by atoms with van der Waals surface area (Å²) in [6.07, 6.45) is 0. The first-order chi connectivity index (χ1) is 17.9. The Bertz CT molecular complexity index is 1510. The third-order valence-corrected chi connectivity index (χ3v) is 7.12. The zero-order valence-electron chi connectivity index (χ0n) is 20.4. The van der Waals surface area contributed by atoms with Gasteiger partial charge in [-0.3, -0.25) is 14.5 Å². The quantitative estimate of drug-likeness (QED) is 0.201. The van der Waals surface area contributed by atoms with Gasteiger partial charge in [-0.2, -0.15) is 0 Å². The Kier molecular flexibility index (Phi) is 6.54. The topological polar surface area (TPSA) is 98.2 Å². The lowest BCUT2D eigenvalue weighted by atomic mass is 9.95. The number of nitrogens with zero attached hydrogens (tertiary/aromatic N) is 2. The Morgan fingerprint density at radius 2 is 1.57 bits per heavy atom. The number of fused-ring (bicyclic) bond motifs is 1. The first kappa shape index (κ1) is 24.3. The highest BCUT2D eigenvalue weighted by molar-refractivity contribution is 7.22. The summed E-state index contributed by atoms with van der Waals surface area (Å²) < 4.78 is 16.9. The summed E-state index contributed by atoms with van der Waals surface area (Å²) in [7, 11) is 3.10. The normalized spacial score (nSPS) is 16.8. The first-order valence-corrected chi connectivity index (χ1v) is 12.4. The molecule has 2 heterocycles. The molecule has 1 aliphatic heterocycles. The van der Waals surface area contributed by atoms with Crippen LogP contribution >= 0.6 is 11.3 Å². The number of rotatable bonds is 7. The highest BCUT2D eigenvalue weighted by Gasteiger charge is 2.48. The molecule has 1 aromatic heterocycles. The molecule has 0 bridgehead atoms. The van der Waals surface area contributed by atoms with Crippen molar-refractivity contribution in [2.24, 2.45) is 0 Å². The lowest BCUT2D eigenvalue weighted by molar-refractivity contribution is -0.132. The van der Waals surface area contributed by atoms with Gasteiger partial charge >= 0.3 is 5.91 Å². The van der Waals surface area contributed by atoms with Crippen LogP contribution in [0.15, 0.2) is 72.3 Å². The number of aliphatic hydroxyl groups excluding tert-OH is 1. The molecule has 9 heteroatoms. The molecule has 1 N–H and O–H groups in total. The van der Waals surface area contributed by atoms with E-state index >= 15 is 0 Å². The van der Waals surface area contributed by atoms with Gasteiger partial charge in [0.15, 0.2) is 5.13 Å². The highest BCUT2D eigenvalue weighted by atomic mass is 32.1. The first-order valence-electron chi connectivity index (χ1n) is 11.6. The molecule has 0 unspecified atom stereocenters. The van der Waals surface area contributed by atoms with Gasteiger partial charge in [0.2, 0.25) is 0 Å². The largest absolute Gasteiger partial charge is 0.507 e. The van der Waals surface area contributed by atoms with Crippen LogP contribution in [-0.4, -0.2) is 42.6 Å². The zero-order valence-corrected chi connectivity index (χ0v) is 21.2. The highest BCUT2D eigenvalue weighted by Crippen LogP contribution is 2.45. The van der Waals surface area contributed by atoms with Crippen molar-refractivity contribution in [3.05, 3.63) is 83.4 Å². The number of Topliss-reactive ketones (excluding diaryl/α,β-unsaturated/α-hetero) is 1. The summed E-state index contributed by atoms with van der Waals surface area (Å²) >= 11 is 1.28. The Labute approximate surface area is 217 Å². The van der Waals surface area contributed by atoms with Crippen molar-refractivity contribution in [3.8, 4) is 17.2 Å². The number of methoxy groups -OCH3 is 2. The van der Waals surface area contributed by atoms with Gasteiger partial charge in [-0.25, -0.2) is 4.98 Å². The molecule has 8 nitrogen and oxygen atoms in total. The van der Waals surface area contributed by atoms with Gasteiger partial charge in [-0.15, -0.1) is 0 Å². The van der Waals surface area contributed by atoms with E-state index < -0.39 is 17.7 Å². The SMILES string of the molecule is CCOc1ccc2nc(N3C(=O)C(=O)/C(=C(/O)c4ccc(OC)cc4)[C@@H]3c3ccc(OC)cc3)sc2c1. The molecular formula is C28H24N2O6S. The van der Waals surface area contributed by atoms with E-state index in [-0.39, 0.29) is 11.3 Å². The van der Waals surface area contributed by atoms with E-state index in [2.05, 4.69) is 4.98 Å². The number of carbonyl (C=O) groups is 2. The number of ketones is 1. The van der Waals surface area contributed by atoms with Crippen molar-refractivity contribution in [2.75, 3.05) is 25.7 Å². The number of hydrogen-bond acceptors (Lipinski definition) is 8. The van der Waals surface area contributed by atoms with Gasteiger partial charge in [-0.1, -0.05) is 23.5 Å². The monoisotopic (exact) mass is 516 g/mol. The van der Waals surface area contributed by atoms with E-state index in [9.17, 15) is 14.7 Å². The zero-order chi connectivity index (χ0) is 26.1. The number of ether oxygens (including phenoxy) is 3. The summed E-state index contributed by atoms with van der Waals surface area (Å²) in [5, 5.41) is 11.6. The van der Waals surface area contributed by atoms with Crippen molar-refractivity contribution in [2.45, 2.75) is 13.0 Å². The second-order valence-corrected chi connectivity index (χ2v) is 9.24. The number of amides is 1. The van der Waals surface area contributed by atoms with Crippen LogP contribution in [0.25, 0.3) is 16.0 Å². The van der Waals surface area contributed by atoms with Crippen LogP contribution in [-0.2, 0) is 9.59 Å². The Morgan fingerprint density at radius 1 is 0.946 bits per heavy atom. The smallest absolute Gasteiger partial charge is 0.301 e. The lowest BCUT2D eigenvalue weighted by Gasteiger charge is -2.23. The number of benzene rings is 3. The van der Waals surface area contributed by atoms with Crippen molar-refractivity contribution < 1.29 is 28.9 Å². The van der Waals surface area contributed by atoms with Gasteiger partial charge < -0.3 is 19.3 Å². The van der Waals surface area contributed by atoms with Crippen LogP contribution in [0.2, 0.25) is 0 Å². The maximum Gasteiger partial charge on any atom is 0.301 e. The minimum absolute atomic E-state index is 0.0189. The molecule has 188 valence electrons. The van der Waals surface area contributed by atoms with Gasteiger partial charge in [0, 0.05) is 5.56 Å². The molecule has 1 aliphatic rings. The molecule has 3 aromatic carbocycles. The number of aliphatic hydroxyl groups is 1. The molecule has 0 saturated carbocycles. The molecule has 1 fully saturated rings. The van der Waals surface area contributed by atoms with Crippen LogP contribution < -0.4 is 19.1 Å². The molecule has 0 aliphatic carbocycles. The van der Waals surface area contributed by atoms with Gasteiger partial charge in [0.25, 0.3) is 5.78 Å². The standard InChI is InChI=1S/C28H24N2O6S/c1-4-36-20-13-14-21-22(15-20)37-28(29-21)30-24(16-5-9-18(34-2)10-6-16)23(26(32)27(30)33)25(31)17-7-11-19(35-3)12-8-17/h5-15,24,31H,4H2,1-3H3/b25-23+/t24-/m0/s1. The summed E-state index contributed by atoms with van der Waals surface area (Å²) in [6.45, 7) is 2.42. The van der Waals surface area contributed by atoms with E-state index in [4.69, 9.17) is 14.2 Å². The van der Waals surface area contributed by atoms with Crippen LogP contribution in [0.3, 0.4) is 0 Å². The predicted octanol–water partition coefficient (Wildman–Crippen LogP) is 5.34. The fraction of sp³-hybridized carbons (Fsp3) is 0.179. The van der Waals surface area contributed by atoms with Crippen LogP contribution in [0, 0.1) is 0 Å². The maximum atomic E-state index is 13.4. The van der Waals surface area contributed by atoms with E-state index in [0.29, 0.717) is 45.6 Å². The number of aromatic nitrogens is 1. The van der Waals surface area contributed by atoms with Gasteiger partial charge in [0.05, 0.1) is 42.7 Å². The Morgan fingerprint density at radius 3 is 2.19 bits per heavy atom. The van der Waals surface area contributed by atoms with Crippen LogP contribution in [0.1, 0.15) is 24.1 Å². The molecule has 37 heavy (non-hydrogen) atoms.